The number of aromatic nitrogens is 1. The van der Waals surface area contributed by atoms with Crippen molar-refractivity contribution in [3.8, 4) is 0 Å². The second-order valence-electron chi connectivity index (χ2n) is 1.92. The predicted octanol–water partition coefficient (Wildman–Crippen LogP) is 1.52. The third-order valence-electron chi connectivity index (χ3n) is 0.750. The Labute approximate surface area is 78.5 Å². The lowest BCUT2D eigenvalue weighted by Gasteiger charge is -1.88. The molecule has 0 aliphatic heterocycles. The van der Waals surface area contributed by atoms with E-state index in [-0.39, 0.29) is 0 Å². The van der Waals surface area contributed by atoms with Crippen LogP contribution in [0.3, 0.4) is 0 Å². The van der Waals surface area contributed by atoms with Crippen molar-refractivity contribution in [1.29, 1.82) is 0 Å². The second kappa shape index (κ2) is 5.54. The number of aliphatic carboxylic acids is 1. The van der Waals surface area contributed by atoms with E-state index in [1.165, 1.54) is 0 Å². The van der Waals surface area contributed by atoms with E-state index in [1.807, 2.05) is 6.07 Å². The maximum atomic E-state index is 9.00. The Morgan fingerprint density at radius 1 is 1.67 bits per heavy atom. The number of hydrogen-bond donors (Lipinski definition) is 2. The van der Waals surface area contributed by atoms with Gasteiger partial charge in [0.25, 0.3) is 5.97 Å². The van der Waals surface area contributed by atoms with Gasteiger partial charge in [-0.2, -0.15) is 0 Å². The Morgan fingerprint density at radius 3 is 2.42 bits per heavy atom. The van der Waals surface area contributed by atoms with Gasteiger partial charge in [-0.3, -0.25) is 4.79 Å². The standard InChI is InChI=1S/C5H5BrN2.C2H4O2/c6-4-1-2-5(7)8-3-4;1-2(3)4/h1-3H,(H2,7,8);1H3,(H,3,4). The van der Waals surface area contributed by atoms with E-state index in [1.54, 1.807) is 12.3 Å². The van der Waals surface area contributed by atoms with Crippen LogP contribution in [0.2, 0.25) is 0 Å². The van der Waals surface area contributed by atoms with Gasteiger partial charge in [0.05, 0.1) is 0 Å². The van der Waals surface area contributed by atoms with Gasteiger partial charge in [-0.05, 0) is 28.1 Å². The minimum absolute atomic E-state index is 0.549. The minimum atomic E-state index is -0.833. The SMILES string of the molecule is CC(=O)O.Nc1ccc(Br)cn1. The highest BCUT2D eigenvalue weighted by Crippen LogP contribution is 2.07. The zero-order valence-electron chi connectivity index (χ0n) is 6.49. The quantitative estimate of drug-likeness (QED) is 0.712. The first-order valence-electron chi connectivity index (χ1n) is 3.09. The molecule has 0 spiro atoms. The van der Waals surface area contributed by atoms with E-state index < -0.39 is 5.97 Å². The van der Waals surface area contributed by atoms with Crippen molar-refractivity contribution in [1.82, 2.24) is 4.98 Å². The van der Waals surface area contributed by atoms with Gasteiger partial charge >= 0.3 is 0 Å². The number of halogens is 1. The summed E-state index contributed by atoms with van der Waals surface area (Å²) < 4.78 is 0.951. The average Bonchev–Trinajstić information content (AvgIpc) is 1.94. The number of anilines is 1. The van der Waals surface area contributed by atoms with Crippen LogP contribution in [0, 0.1) is 0 Å². The summed E-state index contributed by atoms with van der Waals surface area (Å²) >= 11 is 3.23. The van der Waals surface area contributed by atoms with Crippen molar-refractivity contribution in [2.75, 3.05) is 5.73 Å². The first-order valence-corrected chi connectivity index (χ1v) is 3.88. The van der Waals surface area contributed by atoms with Gasteiger partial charge in [-0.15, -0.1) is 0 Å². The van der Waals surface area contributed by atoms with Crippen LogP contribution in [-0.2, 0) is 4.79 Å². The zero-order chi connectivity index (χ0) is 9.56. The van der Waals surface area contributed by atoms with Crippen LogP contribution in [0.25, 0.3) is 0 Å². The molecular weight excluding hydrogens is 224 g/mol. The fraction of sp³-hybridized carbons (Fsp3) is 0.143. The summed E-state index contributed by atoms with van der Waals surface area (Å²) in [5.74, 6) is -0.284. The molecule has 66 valence electrons. The summed E-state index contributed by atoms with van der Waals surface area (Å²) in [6, 6.07) is 3.59. The Kier molecular flexibility index (Phi) is 5.03. The Balaban J connectivity index is 0.000000261. The molecule has 0 atom stereocenters. The summed E-state index contributed by atoms with van der Waals surface area (Å²) in [7, 11) is 0. The van der Waals surface area contributed by atoms with E-state index >= 15 is 0 Å². The smallest absolute Gasteiger partial charge is 0.300 e. The van der Waals surface area contributed by atoms with Crippen molar-refractivity contribution in [2.45, 2.75) is 6.92 Å². The van der Waals surface area contributed by atoms with Crippen LogP contribution in [-0.4, -0.2) is 16.1 Å². The lowest BCUT2D eigenvalue weighted by Crippen LogP contribution is -1.86. The first-order chi connectivity index (χ1) is 5.52. The molecule has 0 fully saturated rings. The monoisotopic (exact) mass is 232 g/mol. The highest BCUT2D eigenvalue weighted by atomic mass is 79.9. The topological polar surface area (TPSA) is 76.2 Å². The molecule has 1 rings (SSSR count). The molecule has 5 heteroatoms. The van der Waals surface area contributed by atoms with E-state index in [0.29, 0.717) is 5.82 Å². The Bertz CT molecular complexity index is 223. The second-order valence-corrected chi connectivity index (χ2v) is 2.84. The van der Waals surface area contributed by atoms with Crippen LogP contribution in [0.5, 0.6) is 0 Å². The third kappa shape index (κ3) is 7.01. The van der Waals surface area contributed by atoms with Crippen molar-refractivity contribution in [2.24, 2.45) is 0 Å². The lowest BCUT2D eigenvalue weighted by molar-refractivity contribution is -0.134. The van der Waals surface area contributed by atoms with E-state index in [0.717, 1.165) is 11.4 Å². The van der Waals surface area contributed by atoms with Crippen LogP contribution < -0.4 is 5.73 Å². The molecule has 3 N–H and O–H groups in total. The number of nitrogens with zero attached hydrogens (tertiary/aromatic N) is 1. The van der Waals surface area contributed by atoms with Gasteiger partial charge in [0, 0.05) is 17.6 Å². The number of carbonyl (C=O) groups is 1. The Hall–Kier alpha value is -1.10. The summed E-state index contributed by atoms with van der Waals surface area (Å²) in [6.45, 7) is 1.08. The lowest BCUT2D eigenvalue weighted by atomic mass is 10.5. The van der Waals surface area contributed by atoms with Crippen molar-refractivity contribution in [3.63, 3.8) is 0 Å². The molecule has 0 amide bonds. The largest absolute Gasteiger partial charge is 0.481 e. The maximum absolute atomic E-state index is 9.00. The zero-order valence-corrected chi connectivity index (χ0v) is 8.08. The molecule has 0 aromatic carbocycles. The van der Waals surface area contributed by atoms with Crippen LogP contribution in [0.15, 0.2) is 22.8 Å². The number of pyridine rings is 1. The fourth-order valence-electron chi connectivity index (χ4n) is 0.387. The summed E-state index contributed by atoms with van der Waals surface area (Å²) in [5, 5.41) is 7.42. The molecule has 0 unspecified atom stereocenters. The van der Waals surface area contributed by atoms with Gasteiger partial charge in [-0.1, -0.05) is 0 Å². The molecule has 0 aliphatic rings. The molecule has 0 aliphatic carbocycles. The number of rotatable bonds is 0. The number of hydrogen-bond acceptors (Lipinski definition) is 3. The molecular formula is C7H9BrN2O2. The molecule has 1 aromatic rings. The van der Waals surface area contributed by atoms with Gasteiger partial charge < -0.3 is 10.8 Å². The maximum Gasteiger partial charge on any atom is 0.300 e. The summed E-state index contributed by atoms with van der Waals surface area (Å²) in [6.07, 6.45) is 1.66. The van der Waals surface area contributed by atoms with Gasteiger partial charge in [-0.25, -0.2) is 4.98 Å². The van der Waals surface area contributed by atoms with Crippen molar-refractivity contribution < 1.29 is 9.90 Å². The number of nitrogens with two attached hydrogens (primary N) is 1. The summed E-state index contributed by atoms with van der Waals surface area (Å²) in [5.41, 5.74) is 5.29. The third-order valence-corrected chi connectivity index (χ3v) is 1.22. The first kappa shape index (κ1) is 10.9. The average molecular weight is 233 g/mol. The van der Waals surface area contributed by atoms with E-state index in [9.17, 15) is 0 Å². The molecule has 0 bridgehead atoms. The molecule has 1 aromatic heterocycles. The van der Waals surface area contributed by atoms with E-state index in [2.05, 4.69) is 20.9 Å². The van der Waals surface area contributed by atoms with Crippen LogP contribution in [0.4, 0.5) is 5.82 Å². The number of carboxylic acid groups (broad SMARTS) is 1. The van der Waals surface area contributed by atoms with Gasteiger partial charge in [0.1, 0.15) is 5.82 Å². The van der Waals surface area contributed by atoms with Crippen LogP contribution >= 0.6 is 15.9 Å². The highest BCUT2D eigenvalue weighted by Gasteiger charge is 1.83. The Morgan fingerprint density at radius 2 is 2.17 bits per heavy atom. The summed E-state index contributed by atoms with van der Waals surface area (Å²) in [4.78, 5) is 12.8. The highest BCUT2D eigenvalue weighted by molar-refractivity contribution is 9.10. The van der Waals surface area contributed by atoms with Gasteiger partial charge in [0.15, 0.2) is 0 Å². The normalized spacial score (nSPS) is 8.17. The molecule has 1 heterocycles. The molecule has 0 saturated heterocycles. The predicted molar refractivity (Wildman–Crippen MR) is 49.7 cm³/mol. The van der Waals surface area contributed by atoms with E-state index in [4.69, 9.17) is 15.6 Å². The molecule has 4 nitrogen and oxygen atoms in total. The van der Waals surface area contributed by atoms with Crippen molar-refractivity contribution >= 4 is 27.7 Å². The number of nitrogen functional groups attached to an aromatic ring is 1. The number of carboxylic acids is 1. The van der Waals surface area contributed by atoms with Crippen LogP contribution in [0.1, 0.15) is 6.92 Å². The molecule has 0 radical (unpaired) electrons. The minimum Gasteiger partial charge on any atom is -0.481 e. The van der Waals surface area contributed by atoms with Gasteiger partial charge in [0.2, 0.25) is 0 Å². The molecule has 12 heavy (non-hydrogen) atoms. The fourth-order valence-corrected chi connectivity index (χ4v) is 0.622. The molecule has 0 saturated carbocycles. The van der Waals surface area contributed by atoms with Crippen molar-refractivity contribution in [3.05, 3.63) is 22.8 Å².